The van der Waals surface area contributed by atoms with Crippen LogP contribution in [0.4, 0.5) is 0 Å². The van der Waals surface area contributed by atoms with Gasteiger partial charge < -0.3 is 9.84 Å². The van der Waals surface area contributed by atoms with Crippen LogP contribution < -0.4 is 4.74 Å². The van der Waals surface area contributed by atoms with E-state index in [1.807, 2.05) is 49.6 Å². The average Bonchev–Trinajstić information content (AvgIpc) is 3.77. The SMILES string of the molecule is CC(Oc1cccc(-c2cccc(-n3ncc(C(=O)O)c3C3CC3c3cn(C)nn3)c2)c1)C1CC1. The van der Waals surface area contributed by atoms with Gasteiger partial charge in [-0.2, -0.15) is 5.10 Å². The third-order valence-electron chi connectivity index (χ3n) is 7.04. The molecule has 3 atom stereocenters. The lowest BCUT2D eigenvalue weighted by Gasteiger charge is -2.15. The first-order chi connectivity index (χ1) is 17.0. The molecule has 35 heavy (non-hydrogen) atoms. The molecule has 3 unspecified atom stereocenters. The van der Waals surface area contributed by atoms with E-state index in [-0.39, 0.29) is 23.5 Å². The Morgan fingerprint density at radius 1 is 1.11 bits per heavy atom. The van der Waals surface area contributed by atoms with Gasteiger partial charge in [0.2, 0.25) is 0 Å². The van der Waals surface area contributed by atoms with E-state index in [9.17, 15) is 9.90 Å². The molecule has 8 heteroatoms. The van der Waals surface area contributed by atoms with Gasteiger partial charge >= 0.3 is 5.97 Å². The molecule has 8 nitrogen and oxygen atoms in total. The van der Waals surface area contributed by atoms with Crippen molar-refractivity contribution in [2.75, 3.05) is 0 Å². The zero-order valence-corrected chi connectivity index (χ0v) is 19.7. The quantitative estimate of drug-likeness (QED) is 0.398. The number of rotatable bonds is 8. The Morgan fingerprint density at radius 2 is 1.89 bits per heavy atom. The van der Waals surface area contributed by atoms with E-state index in [1.165, 1.54) is 19.0 Å². The summed E-state index contributed by atoms with van der Waals surface area (Å²) in [6, 6.07) is 16.2. The second kappa shape index (κ2) is 8.37. The van der Waals surface area contributed by atoms with Crippen LogP contribution in [0.2, 0.25) is 0 Å². The summed E-state index contributed by atoms with van der Waals surface area (Å²) in [7, 11) is 1.83. The van der Waals surface area contributed by atoms with Crippen molar-refractivity contribution >= 4 is 5.97 Å². The second-order valence-electron chi connectivity index (χ2n) is 9.66. The van der Waals surface area contributed by atoms with Crippen LogP contribution in [-0.4, -0.2) is 42.0 Å². The normalized spacial score (nSPS) is 19.9. The minimum absolute atomic E-state index is 0.0320. The van der Waals surface area contributed by atoms with Crippen LogP contribution in [-0.2, 0) is 7.05 Å². The maximum atomic E-state index is 12.0. The summed E-state index contributed by atoms with van der Waals surface area (Å²) < 4.78 is 9.60. The van der Waals surface area contributed by atoms with E-state index in [4.69, 9.17) is 4.74 Å². The third kappa shape index (κ3) is 4.20. The highest BCUT2D eigenvalue weighted by molar-refractivity contribution is 5.89. The van der Waals surface area contributed by atoms with Crippen molar-refractivity contribution < 1.29 is 14.6 Å². The molecule has 0 amide bonds. The smallest absolute Gasteiger partial charge is 0.339 e. The van der Waals surface area contributed by atoms with Gasteiger partial charge in [0.15, 0.2) is 0 Å². The lowest BCUT2D eigenvalue weighted by atomic mass is 10.0. The first-order valence-electron chi connectivity index (χ1n) is 12.0. The predicted molar refractivity (Wildman–Crippen MR) is 130 cm³/mol. The number of hydrogen-bond donors (Lipinski definition) is 1. The highest BCUT2D eigenvalue weighted by Gasteiger charge is 2.46. The Morgan fingerprint density at radius 3 is 2.60 bits per heavy atom. The molecular formula is C27H27N5O3. The monoisotopic (exact) mass is 469 g/mol. The molecule has 2 aliphatic rings. The highest BCUT2D eigenvalue weighted by atomic mass is 16.5. The maximum Gasteiger partial charge on any atom is 0.339 e. The largest absolute Gasteiger partial charge is 0.490 e. The van der Waals surface area contributed by atoms with Gasteiger partial charge in [0.25, 0.3) is 0 Å². The van der Waals surface area contributed by atoms with Crippen LogP contribution in [0, 0.1) is 5.92 Å². The fourth-order valence-corrected chi connectivity index (χ4v) is 4.89. The summed E-state index contributed by atoms with van der Waals surface area (Å²) in [5, 5.41) is 22.6. The lowest BCUT2D eigenvalue weighted by Crippen LogP contribution is -2.13. The standard InChI is InChI=1S/C27H27N5O3/c1-16(17-9-10-17)35-21-8-4-6-19(12-21)18-5-3-7-20(11-18)32-26(24(14-28-32)27(33)34)23-13-22(23)25-15-31(2)30-29-25/h3-8,11-12,14-17,22-23H,9-10,13H2,1-2H3,(H,33,34). The Kier molecular flexibility index (Phi) is 5.16. The number of ether oxygens (including phenoxy) is 1. The number of aryl methyl sites for hydroxylation is 1. The summed E-state index contributed by atoms with van der Waals surface area (Å²) >= 11 is 0. The van der Waals surface area contributed by atoms with Crippen LogP contribution >= 0.6 is 0 Å². The molecule has 0 radical (unpaired) electrons. The number of benzene rings is 2. The molecule has 0 aliphatic heterocycles. The van der Waals surface area contributed by atoms with Gasteiger partial charge in [-0.25, -0.2) is 9.48 Å². The maximum absolute atomic E-state index is 12.0. The predicted octanol–water partition coefficient (Wildman–Crippen LogP) is 4.81. The van der Waals surface area contributed by atoms with Gasteiger partial charge in [-0.1, -0.05) is 29.5 Å². The molecule has 6 rings (SSSR count). The minimum Gasteiger partial charge on any atom is -0.490 e. The van der Waals surface area contributed by atoms with Crippen molar-refractivity contribution in [3.8, 4) is 22.6 Å². The Bertz CT molecular complexity index is 1400. The number of carboxylic acid groups (broad SMARTS) is 1. The number of carboxylic acids is 1. The zero-order valence-electron chi connectivity index (χ0n) is 19.7. The van der Waals surface area contributed by atoms with Crippen molar-refractivity contribution in [3.05, 3.63) is 77.9 Å². The van der Waals surface area contributed by atoms with E-state index in [0.717, 1.165) is 34.7 Å². The molecule has 2 aromatic carbocycles. The number of carbonyl (C=O) groups is 1. The average molecular weight is 470 g/mol. The molecule has 1 N–H and O–H groups in total. The van der Waals surface area contributed by atoms with E-state index in [1.54, 1.807) is 9.36 Å². The first-order valence-corrected chi connectivity index (χ1v) is 12.0. The van der Waals surface area contributed by atoms with Gasteiger partial charge in [0.05, 0.1) is 29.4 Å². The van der Waals surface area contributed by atoms with Crippen molar-refractivity contribution in [1.82, 2.24) is 24.8 Å². The van der Waals surface area contributed by atoms with E-state index < -0.39 is 5.97 Å². The van der Waals surface area contributed by atoms with Crippen molar-refractivity contribution in [2.45, 2.75) is 44.1 Å². The topological polar surface area (TPSA) is 95.1 Å². The number of hydrogen-bond acceptors (Lipinski definition) is 5. The summed E-state index contributed by atoms with van der Waals surface area (Å²) in [6.45, 7) is 2.14. The van der Waals surface area contributed by atoms with Crippen LogP contribution in [0.3, 0.4) is 0 Å². The fraction of sp³-hybridized carbons (Fsp3) is 0.333. The van der Waals surface area contributed by atoms with Crippen molar-refractivity contribution in [1.29, 1.82) is 0 Å². The van der Waals surface area contributed by atoms with Gasteiger partial charge in [-0.15, -0.1) is 5.10 Å². The molecule has 0 saturated heterocycles. The third-order valence-corrected chi connectivity index (χ3v) is 7.04. The van der Waals surface area contributed by atoms with Crippen LogP contribution in [0.25, 0.3) is 16.8 Å². The summed E-state index contributed by atoms with van der Waals surface area (Å²) in [5.41, 5.74) is 4.71. The molecule has 0 spiro atoms. The Hall–Kier alpha value is -3.94. The van der Waals surface area contributed by atoms with E-state index >= 15 is 0 Å². The molecule has 2 fully saturated rings. The molecule has 178 valence electrons. The van der Waals surface area contributed by atoms with Crippen LogP contribution in [0.5, 0.6) is 5.75 Å². The molecule has 4 aromatic rings. The van der Waals surface area contributed by atoms with E-state index in [0.29, 0.717) is 11.6 Å². The zero-order chi connectivity index (χ0) is 24.1. The van der Waals surface area contributed by atoms with Crippen LogP contribution in [0.15, 0.2) is 60.9 Å². The molecule has 2 saturated carbocycles. The second-order valence-corrected chi connectivity index (χ2v) is 9.66. The highest BCUT2D eigenvalue weighted by Crippen LogP contribution is 2.55. The summed E-state index contributed by atoms with van der Waals surface area (Å²) in [4.78, 5) is 12.0. The molecule has 2 heterocycles. The summed E-state index contributed by atoms with van der Waals surface area (Å²) in [5.74, 6) is 0.732. The van der Waals surface area contributed by atoms with Gasteiger partial charge in [-0.05, 0) is 67.5 Å². The van der Waals surface area contributed by atoms with E-state index in [2.05, 4.69) is 34.5 Å². The molecule has 0 bridgehead atoms. The number of aromatic carboxylic acids is 1. The van der Waals surface area contributed by atoms with Crippen molar-refractivity contribution in [2.24, 2.45) is 13.0 Å². The van der Waals surface area contributed by atoms with Crippen LogP contribution in [0.1, 0.15) is 59.8 Å². The Balaban J connectivity index is 1.32. The van der Waals surface area contributed by atoms with Gasteiger partial charge in [-0.3, -0.25) is 4.68 Å². The first kappa shape index (κ1) is 21.6. The number of aromatic nitrogens is 5. The lowest BCUT2D eigenvalue weighted by molar-refractivity contribution is 0.0695. The molecular weight excluding hydrogens is 442 g/mol. The minimum atomic E-state index is -0.971. The summed E-state index contributed by atoms with van der Waals surface area (Å²) in [6.07, 6.45) is 6.87. The molecule has 2 aromatic heterocycles. The number of nitrogens with zero attached hydrogens (tertiary/aromatic N) is 5. The Labute approximate surface area is 203 Å². The van der Waals surface area contributed by atoms with Crippen molar-refractivity contribution in [3.63, 3.8) is 0 Å². The molecule has 2 aliphatic carbocycles. The fourth-order valence-electron chi connectivity index (χ4n) is 4.89. The van der Waals surface area contributed by atoms with Gasteiger partial charge in [0.1, 0.15) is 11.3 Å². The van der Waals surface area contributed by atoms with Gasteiger partial charge in [0, 0.05) is 25.1 Å².